The average Bonchev–Trinajstić information content (AvgIpc) is 2.84. The molecule has 1 fully saturated rings. The van der Waals surface area contributed by atoms with Crippen LogP contribution in [0.25, 0.3) is 0 Å². The highest BCUT2D eigenvalue weighted by Gasteiger charge is 2.25. The predicted octanol–water partition coefficient (Wildman–Crippen LogP) is 4.70. The Morgan fingerprint density at radius 3 is 1.94 bits per heavy atom. The number of hydrogen-bond acceptors (Lipinski definition) is 4. The first-order valence-corrected chi connectivity index (χ1v) is 10.7. The lowest BCUT2D eigenvalue weighted by Crippen LogP contribution is -2.49. The molecular weight excluding hydrogens is 404 g/mol. The van der Waals surface area contributed by atoms with E-state index in [-0.39, 0.29) is 17.5 Å². The van der Waals surface area contributed by atoms with Gasteiger partial charge in [-0.05, 0) is 61.0 Å². The topological polar surface area (TPSA) is 70.1 Å². The van der Waals surface area contributed by atoms with E-state index in [1.165, 1.54) is 17.7 Å². The number of hydrogen-bond donors (Lipinski definition) is 1. The first-order valence-electron chi connectivity index (χ1n) is 10.7. The minimum atomic E-state index is -0.994. The van der Waals surface area contributed by atoms with Crippen molar-refractivity contribution in [3.8, 4) is 11.5 Å². The van der Waals surface area contributed by atoms with Gasteiger partial charge >= 0.3 is 5.97 Å². The van der Waals surface area contributed by atoms with Gasteiger partial charge in [0.1, 0.15) is 11.5 Å². The summed E-state index contributed by atoms with van der Waals surface area (Å²) >= 11 is 0. The van der Waals surface area contributed by atoms with Gasteiger partial charge in [0.15, 0.2) is 0 Å². The second-order valence-corrected chi connectivity index (χ2v) is 7.87. The number of aromatic carboxylic acids is 1. The van der Waals surface area contributed by atoms with Crippen molar-refractivity contribution in [2.24, 2.45) is 0 Å². The van der Waals surface area contributed by atoms with E-state index in [1.54, 1.807) is 12.1 Å². The van der Waals surface area contributed by atoms with Crippen molar-refractivity contribution in [3.63, 3.8) is 0 Å². The molecule has 1 saturated heterocycles. The summed E-state index contributed by atoms with van der Waals surface area (Å²) in [5, 5.41) is 9.01. The van der Waals surface area contributed by atoms with E-state index >= 15 is 0 Å². The van der Waals surface area contributed by atoms with Gasteiger partial charge in [0.2, 0.25) is 0 Å². The van der Waals surface area contributed by atoms with E-state index in [1.807, 2.05) is 47.4 Å². The van der Waals surface area contributed by atoms with Crippen LogP contribution in [0, 0.1) is 0 Å². The number of carbonyl (C=O) groups excluding carboxylic acids is 1. The Labute approximate surface area is 187 Å². The fourth-order valence-electron chi connectivity index (χ4n) is 3.90. The van der Waals surface area contributed by atoms with Crippen molar-refractivity contribution in [2.45, 2.75) is 13.0 Å². The van der Waals surface area contributed by atoms with Gasteiger partial charge in [-0.1, -0.05) is 30.3 Å². The molecule has 164 valence electrons. The van der Waals surface area contributed by atoms with Crippen LogP contribution >= 0.6 is 0 Å². The average molecular weight is 431 g/mol. The zero-order valence-corrected chi connectivity index (χ0v) is 18.0. The number of carboxylic acid groups (broad SMARTS) is 1. The van der Waals surface area contributed by atoms with Crippen LogP contribution in [0.4, 0.5) is 0 Å². The van der Waals surface area contributed by atoms with Gasteiger partial charge < -0.3 is 14.7 Å². The quantitative estimate of drug-likeness (QED) is 0.614. The third-order valence-electron chi connectivity index (χ3n) is 5.87. The molecule has 0 spiro atoms. The maximum atomic E-state index is 12.8. The van der Waals surface area contributed by atoms with Crippen LogP contribution in [0.15, 0.2) is 78.9 Å². The largest absolute Gasteiger partial charge is 0.478 e. The molecule has 6 nitrogen and oxygen atoms in total. The number of carboxylic acids is 1. The normalized spacial score (nSPS) is 15.2. The zero-order chi connectivity index (χ0) is 22.5. The van der Waals surface area contributed by atoms with E-state index in [4.69, 9.17) is 9.84 Å². The third-order valence-corrected chi connectivity index (χ3v) is 5.87. The van der Waals surface area contributed by atoms with Crippen molar-refractivity contribution in [3.05, 3.63) is 95.6 Å². The number of piperazine rings is 1. The van der Waals surface area contributed by atoms with Gasteiger partial charge in [-0.3, -0.25) is 9.69 Å². The minimum absolute atomic E-state index is 0.0587. The highest BCUT2D eigenvalue weighted by atomic mass is 16.5. The molecule has 1 amide bonds. The standard InChI is InChI=1S/C26H26N2O4/c1-19(20-11-13-24(14-12-20)32-23-5-3-2-4-6-23)27-15-17-28(18-16-27)25(29)21-7-9-22(10-8-21)26(30)31/h2-14,19H,15-18H2,1H3,(H,30,31). The van der Waals surface area contributed by atoms with Crippen molar-refractivity contribution >= 4 is 11.9 Å². The minimum Gasteiger partial charge on any atom is -0.478 e. The lowest BCUT2D eigenvalue weighted by atomic mass is 10.1. The lowest BCUT2D eigenvalue weighted by molar-refractivity contribution is 0.0581. The number of ether oxygens (including phenoxy) is 1. The van der Waals surface area contributed by atoms with Gasteiger partial charge in [-0.25, -0.2) is 4.79 Å². The summed E-state index contributed by atoms with van der Waals surface area (Å²) in [6, 6.07) is 24.2. The van der Waals surface area contributed by atoms with Crippen LogP contribution in [0.1, 0.15) is 39.2 Å². The summed E-state index contributed by atoms with van der Waals surface area (Å²) in [5.74, 6) is 0.561. The van der Waals surface area contributed by atoms with Crippen molar-refractivity contribution in [1.82, 2.24) is 9.80 Å². The van der Waals surface area contributed by atoms with Crippen LogP contribution in [0.5, 0.6) is 11.5 Å². The summed E-state index contributed by atoms with van der Waals surface area (Å²) in [7, 11) is 0. The van der Waals surface area contributed by atoms with Crippen LogP contribution < -0.4 is 4.74 Å². The Hall–Kier alpha value is -3.64. The zero-order valence-electron chi connectivity index (χ0n) is 18.0. The van der Waals surface area contributed by atoms with Crippen molar-refractivity contribution in [1.29, 1.82) is 0 Å². The van der Waals surface area contributed by atoms with E-state index in [2.05, 4.69) is 24.0 Å². The molecule has 1 atom stereocenters. The Balaban J connectivity index is 1.32. The van der Waals surface area contributed by atoms with Crippen molar-refractivity contribution < 1.29 is 19.4 Å². The fraction of sp³-hybridized carbons (Fsp3) is 0.231. The molecule has 0 saturated carbocycles. The van der Waals surface area contributed by atoms with E-state index in [0.717, 1.165) is 24.6 Å². The molecule has 3 aromatic rings. The Morgan fingerprint density at radius 2 is 1.34 bits per heavy atom. The monoisotopic (exact) mass is 430 g/mol. The molecule has 1 N–H and O–H groups in total. The SMILES string of the molecule is CC(c1ccc(Oc2ccccc2)cc1)N1CCN(C(=O)c2ccc(C(=O)O)cc2)CC1. The molecule has 1 unspecified atom stereocenters. The molecule has 6 heteroatoms. The molecule has 0 bridgehead atoms. The highest BCUT2D eigenvalue weighted by molar-refractivity contribution is 5.96. The molecule has 32 heavy (non-hydrogen) atoms. The number of amides is 1. The van der Waals surface area contributed by atoms with Gasteiger partial charge in [0.05, 0.1) is 5.56 Å². The number of para-hydroxylation sites is 1. The van der Waals surface area contributed by atoms with Crippen LogP contribution in [0.3, 0.4) is 0 Å². The fourth-order valence-corrected chi connectivity index (χ4v) is 3.90. The molecule has 3 aromatic carbocycles. The molecule has 1 heterocycles. The summed E-state index contributed by atoms with van der Waals surface area (Å²) in [6.07, 6.45) is 0. The molecule has 1 aliphatic heterocycles. The molecule has 4 rings (SSSR count). The van der Waals surface area contributed by atoms with Gasteiger partial charge in [0, 0.05) is 37.8 Å². The molecule has 1 aliphatic rings. The van der Waals surface area contributed by atoms with Crippen molar-refractivity contribution in [2.75, 3.05) is 26.2 Å². The Kier molecular flexibility index (Phi) is 6.52. The van der Waals surface area contributed by atoms with E-state index in [9.17, 15) is 9.59 Å². The van der Waals surface area contributed by atoms with E-state index < -0.39 is 5.97 Å². The van der Waals surface area contributed by atoms with Gasteiger partial charge in [-0.15, -0.1) is 0 Å². The Morgan fingerprint density at radius 1 is 0.781 bits per heavy atom. The second-order valence-electron chi connectivity index (χ2n) is 7.87. The number of benzene rings is 3. The summed E-state index contributed by atoms with van der Waals surface area (Å²) in [6.45, 7) is 5.01. The van der Waals surface area contributed by atoms with Crippen LogP contribution in [0.2, 0.25) is 0 Å². The maximum absolute atomic E-state index is 12.8. The summed E-state index contributed by atoms with van der Waals surface area (Å²) in [5.41, 5.74) is 1.90. The highest BCUT2D eigenvalue weighted by Crippen LogP contribution is 2.26. The first-order chi connectivity index (χ1) is 15.5. The smallest absolute Gasteiger partial charge is 0.335 e. The molecule has 0 aliphatic carbocycles. The third kappa shape index (κ3) is 4.98. The van der Waals surface area contributed by atoms with Crippen LogP contribution in [-0.4, -0.2) is 53.0 Å². The second kappa shape index (κ2) is 9.66. The summed E-state index contributed by atoms with van der Waals surface area (Å²) < 4.78 is 5.87. The number of carbonyl (C=O) groups is 2. The molecule has 0 radical (unpaired) electrons. The molecule has 0 aromatic heterocycles. The van der Waals surface area contributed by atoms with Gasteiger partial charge in [0.25, 0.3) is 5.91 Å². The Bertz CT molecular complexity index is 1060. The van der Waals surface area contributed by atoms with E-state index in [0.29, 0.717) is 18.7 Å². The molecular formula is C26H26N2O4. The van der Waals surface area contributed by atoms with Gasteiger partial charge in [-0.2, -0.15) is 0 Å². The van der Waals surface area contributed by atoms with Crippen LogP contribution in [-0.2, 0) is 0 Å². The predicted molar refractivity (Wildman–Crippen MR) is 122 cm³/mol. The lowest BCUT2D eigenvalue weighted by Gasteiger charge is -2.38. The first kappa shape index (κ1) is 21.6. The maximum Gasteiger partial charge on any atom is 0.335 e. The number of nitrogens with zero attached hydrogens (tertiary/aromatic N) is 2. The summed E-state index contributed by atoms with van der Waals surface area (Å²) in [4.78, 5) is 27.9. The number of rotatable bonds is 6.